The van der Waals surface area contributed by atoms with E-state index in [9.17, 15) is 26.0 Å². The van der Waals surface area contributed by atoms with Crippen LogP contribution in [0.4, 0.5) is 9.52 Å². The predicted octanol–water partition coefficient (Wildman–Crippen LogP) is 2.99. The number of hydrogen-bond acceptors (Lipinski definition) is 8. The van der Waals surface area contributed by atoms with Crippen molar-refractivity contribution < 1.29 is 26.0 Å². The molecule has 0 saturated heterocycles. The summed E-state index contributed by atoms with van der Waals surface area (Å²) in [5, 5.41) is 0.425. The Labute approximate surface area is 202 Å². The maximum absolute atomic E-state index is 13.1. The molecular formula is C22H26FN3O5S3. The lowest BCUT2D eigenvalue weighted by Crippen LogP contribution is -2.36. The van der Waals surface area contributed by atoms with Crippen molar-refractivity contribution in [1.29, 1.82) is 0 Å². The number of rotatable bonds is 10. The van der Waals surface area contributed by atoms with E-state index < -0.39 is 25.5 Å². The van der Waals surface area contributed by atoms with Crippen LogP contribution in [0.3, 0.4) is 0 Å². The van der Waals surface area contributed by atoms with Gasteiger partial charge < -0.3 is 4.90 Å². The quantitative estimate of drug-likeness (QED) is 0.373. The van der Waals surface area contributed by atoms with Crippen LogP contribution in [0.2, 0.25) is 0 Å². The zero-order valence-corrected chi connectivity index (χ0v) is 21.5. The van der Waals surface area contributed by atoms with E-state index in [2.05, 4.69) is 4.98 Å². The molecule has 0 aliphatic heterocycles. The fourth-order valence-electron chi connectivity index (χ4n) is 3.17. The summed E-state index contributed by atoms with van der Waals surface area (Å²) in [5.41, 5.74) is 0.578. The number of fused-ring (bicyclic) bond motifs is 1. The van der Waals surface area contributed by atoms with Crippen LogP contribution >= 0.6 is 11.3 Å². The predicted molar refractivity (Wildman–Crippen MR) is 131 cm³/mol. The Balaban J connectivity index is 1.77. The second-order valence-electron chi connectivity index (χ2n) is 8.12. The van der Waals surface area contributed by atoms with Crippen LogP contribution in [0.5, 0.6) is 0 Å². The van der Waals surface area contributed by atoms with Crippen LogP contribution < -0.4 is 4.90 Å². The molecule has 0 atom stereocenters. The maximum atomic E-state index is 13.1. The lowest BCUT2D eigenvalue weighted by Gasteiger charge is -2.22. The summed E-state index contributed by atoms with van der Waals surface area (Å²) in [6.07, 6.45) is 1.21. The molecular weight excluding hydrogens is 501 g/mol. The topological polar surface area (TPSA) is 105 Å². The summed E-state index contributed by atoms with van der Waals surface area (Å²) in [6.45, 7) is 0.902. The molecule has 0 saturated carbocycles. The van der Waals surface area contributed by atoms with E-state index >= 15 is 0 Å². The summed E-state index contributed by atoms with van der Waals surface area (Å²) in [4.78, 5) is 21.2. The van der Waals surface area contributed by atoms with Crippen molar-refractivity contribution in [3.63, 3.8) is 0 Å². The Morgan fingerprint density at radius 1 is 1.00 bits per heavy atom. The van der Waals surface area contributed by atoms with Crippen LogP contribution in [-0.2, 0) is 24.5 Å². The van der Waals surface area contributed by atoms with Crippen LogP contribution in [0.25, 0.3) is 10.2 Å². The molecule has 3 rings (SSSR count). The number of anilines is 1. The van der Waals surface area contributed by atoms with Crippen molar-refractivity contribution in [2.75, 3.05) is 44.1 Å². The van der Waals surface area contributed by atoms with Crippen molar-refractivity contribution in [1.82, 2.24) is 9.88 Å². The lowest BCUT2D eigenvalue weighted by molar-refractivity contribution is -0.118. The van der Waals surface area contributed by atoms with Crippen molar-refractivity contribution in [3.05, 3.63) is 48.3 Å². The molecule has 1 aromatic heterocycles. The summed E-state index contributed by atoms with van der Waals surface area (Å²) in [6, 6.07) is 9.22. The van der Waals surface area contributed by atoms with Gasteiger partial charge in [-0.1, -0.05) is 11.3 Å². The average molecular weight is 528 g/mol. The normalized spacial score (nSPS) is 12.4. The van der Waals surface area contributed by atoms with Gasteiger partial charge in [0, 0.05) is 25.8 Å². The van der Waals surface area contributed by atoms with Gasteiger partial charge >= 0.3 is 0 Å². The van der Waals surface area contributed by atoms with Gasteiger partial charge in [-0.2, -0.15) is 0 Å². The van der Waals surface area contributed by atoms with E-state index in [1.165, 1.54) is 40.5 Å². The molecule has 0 unspecified atom stereocenters. The third-order valence-corrected chi connectivity index (χ3v) is 9.02. The molecule has 12 heteroatoms. The Morgan fingerprint density at radius 3 is 2.26 bits per heavy atom. The first kappa shape index (κ1) is 26.2. The molecule has 8 nitrogen and oxygen atoms in total. The highest BCUT2D eigenvalue weighted by molar-refractivity contribution is 7.91. The third kappa shape index (κ3) is 6.59. The molecule has 3 aromatic rings. The van der Waals surface area contributed by atoms with Crippen molar-refractivity contribution >= 4 is 52.3 Å². The largest absolute Gasteiger partial charge is 0.308 e. The molecule has 0 radical (unpaired) electrons. The number of aromatic nitrogens is 1. The second kappa shape index (κ2) is 10.5. The number of benzene rings is 2. The fourth-order valence-corrected chi connectivity index (χ4v) is 6.25. The monoisotopic (exact) mass is 527 g/mol. The van der Waals surface area contributed by atoms with E-state index in [0.29, 0.717) is 28.4 Å². The van der Waals surface area contributed by atoms with E-state index in [0.717, 1.165) is 18.4 Å². The van der Waals surface area contributed by atoms with Crippen LogP contribution in [0.15, 0.2) is 52.3 Å². The van der Waals surface area contributed by atoms with Crippen molar-refractivity contribution in [2.24, 2.45) is 0 Å². The number of carbonyl (C=O) groups is 1. The number of amides is 1. The Kier molecular flexibility index (Phi) is 8.06. The standard InChI is InChI=1S/C22H26FN3O5S3/c1-25(2)12-13-26(22-24-19-11-10-18(33(3,28)29)15-20(19)32-22)21(27)5-4-14-34(30,31)17-8-6-16(23)7-9-17/h6-11,15H,4-5,12-14H2,1-3H3. The highest BCUT2D eigenvalue weighted by Crippen LogP contribution is 2.31. The summed E-state index contributed by atoms with van der Waals surface area (Å²) in [5.74, 6) is -1.05. The first-order valence-corrected chi connectivity index (χ1v) is 14.8. The number of hydrogen-bond donors (Lipinski definition) is 0. The van der Waals surface area contributed by atoms with Gasteiger partial charge in [0.15, 0.2) is 24.8 Å². The Bertz CT molecular complexity index is 1380. The van der Waals surface area contributed by atoms with Crippen LogP contribution in [0, 0.1) is 5.82 Å². The Morgan fingerprint density at radius 2 is 1.65 bits per heavy atom. The van der Waals surface area contributed by atoms with Crippen molar-refractivity contribution in [3.8, 4) is 0 Å². The van der Waals surface area contributed by atoms with E-state index in [1.807, 2.05) is 19.0 Å². The molecule has 0 spiro atoms. The third-order valence-electron chi connectivity index (χ3n) is 5.06. The van der Waals surface area contributed by atoms with Gasteiger partial charge in [0.2, 0.25) is 5.91 Å². The SMILES string of the molecule is CN(C)CCN(C(=O)CCCS(=O)(=O)c1ccc(F)cc1)c1nc2ccc(S(C)(=O)=O)cc2s1. The van der Waals surface area contributed by atoms with Gasteiger partial charge in [0.1, 0.15) is 5.82 Å². The highest BCUT2D eigenvalue weighted by Gasteiger charge is 2.22. The van der Waals surface area contributed by atoms with E-state index in [1.54, 1.807) is 6.07 Å². The molecule has 0 N–H and O–H groups in total. The zero-order valence-electron chi connectivity index (χ0n) is 19.1. The van der Waals surface area contributed by atoms with Gasteiger partial charge in [-0.25, -0.2) is 26.2 Å². The van der Waals surface area contributed by atoms with Gasteiger partial charge in [-0.15, -0.1) is 0 Å². The number of sulfone groups is 2. The minimum atomic E-state index is -3.64. The average Bonchev–Trinajstić information content (AvgIpc) is 3.16. The molecule has 0 aliphatic rings. The number of carbonyl (C=O) groups excluding carboxylic acids is 1. The second-order valence-corrected chi connectivity index (χ2v) is 13.3. The number of halogens is 1. The molecule has 184 valence electrons. The molecule has 0 bridgehead atoms. The highest BCUT2D eigenvalue weighted by atomic mass is 32.2. The molecule has 0 fully saturated rings. The molecule has 1 heterocycles. The molecule has 1 amide bonds. The number of thiazole rings is 1. The molecule has 0 aliphatic carbocycles. The number of likely N-dealkylation sites (N-methyl/N-ethyl adjacent to an activating group) is 1. The van der Waals surface area contributed by atoms with Gasteiger partial charge in [-0.05, 0) is 63.0 Å². The lowest BCUT2D eigenvalue weighted by atomic mass is 10.3. The minimum Gasteiger partial charge on any atom is -0.308 e. The first-order chi connectivity index (χ1) is 15.9. The summed E-state index contributed by atoms with van der Waals surface area (Å²) >= 11 is 1.21. The van der Waals surface area contributed by atoms with E-state index in [4.69, 9.17) is 0 Å². The van der Waals surface area contributed by atoms with Crippen LogP contribution in [-0.4, -0.2) is 71.8 Å². The first-order valence-electron chi connectivity index (χ1n) is 10.4. The molecule has 2 aromatic carbocycles. The molecule has 34 heavy (non-hydrogen) atoms. The summed E-state index contributed by atoms with van der Waals surface area (Å²) in [7, 11) is -3.28. The maximum Gasteiger partial charge on any atom is 0.228 e. The number of nitrogens with zero attached hydrogens (tertiary/aromatic N) is 3. The van der Waals surface area contributed by atoms with Crippen molar-refractivity contribution in [2.45, 2.75) is 22.6 Å². The van der Waals surface area contributed by atoms with Crippen LogP contribution in [0.1, 0.15) is 12.8 Å². The van der Waals surface area contributed by atoms with Gasteiger partial charge in [0.05, 0.1) is 25.8 Å². The van der Waals surface area contributed by atoms with E-state index in [-0.39, 0.29) is 34.3 Å². The van der Waals surface area contributed by atoms with Gasteiger partial charge in [0.25, 0.3) is 0 Å². The fraction of sp³-hybridized carbons (Fsp3) is 0.364. The summed E-state index contributed by atoms with van der Waals surface area (Å²) < 4.78 is 62.5. The Hall–Kier alpha value is -2.41. The smallest absolute Gasteiger partial charge is 0.228 e. The minimum absolute atomic E-state index is 0.0127. The van der Waals surface area contributed by atoms with Gasteiger partial charge in [-0.3, -0.25) is 9.69 Å². The zero-order chi connectivity index (χ0) is 25.1.